The second-order valence-corrected chi connectivity index (χ2v) is 7.16. The van der Waals surface area contributed by atoms with Gasteiger partial charge < -0.3 is 5.32 Å². The normalized spacial score (nSPS) is 20.3. The number of hydrogen-bond donors (Lipinski definition) is 1. The van der Waals surface area contributed by atoms with Gasteiger partial charge in [-0.15, -0.1) is 0 Å². The average Bonchev–Trinajstić information content (AvgIpc) is 2.68. The molecule has 0 aliphatic carbocycles. The molecule has 2 heterocycles. The molecule has 2 rings (SSSR count). The van der Waals surface area contributed by atoms with Crippen LogP contribution < -0.4 is 5.32 Å². The van der Waals surface area contributed by atoms with Crippen molar-refractivity contribution < 1.29 is 0 Å². The number of aromatic nitrogens is 2. The van der Waals surface area contributed by atoms with Gasteiger partial charge in [0.25, 0.3) is 0 Å². The number of nitrogens with zero attached hydrogens (tertiary/aromatic N) is 3. The summed E-state index contributed by atoms with van der Waals surface area (Å²) >= 11 is 0. The predicted octanol–water partition coefficient (Wildman–Crippen LogP) is 2.64. The van der Waals surface area contributed by atoms with Gasteiger partial charge in [0.1, 0.15) is 0 Å². The van der Waals surface area contributed by atoms with E-state index in [1.165, 1.54) is 31.5 Å². The second-order valence-electron chi connectivity index (χ2n) is 7.16. The topological polar surface area (TPSA) is 33.1 Å². The second kappa shape index (κ2) is 5.86. The van der Waals surface area contributed by atoms with Gasteiger partial charge in [-0.2, -0.15) is 5.10 Å². The highest BCUT2D eigenvalue weighted by Crippen LogP contribution is 2.23. The van der Waals surface area contributed by atoms with Crippen LogP contribution in [0.25, 0.3) is 0 Å². The zero-order chi connectivity index (χ0) is 14.9. The molecule has 1 atom stereocenters. The highest BCUT2D eigenvalue weighted by Gasteiger charge is 2.27. The largest absolute Gasteiger partial charge is 0.307 e. The molecule has 1 unspecified atom stereocenters. The molecule has 1 aliphatic rings. The lowest BCUT2D eigenvalue weighted by Gasteiger charge is -2.41. The molecule has 4 nitrogen and oxygen atoms in total. The van der Waals surface area contributed by atoms with Gasteiger partial charge in [0.2, 0.25) is 0 Å². The summed E-state index contributed by atoms with van der Waals surface area (Å²) in [7, 11) is 1.99. The van der Waals surface area contributed by atoms with Crippen molar-refractivity contribution in [3.05, 3.63) is 17.5 Å². The van der Waals surface area contributed by atoms with Gasteiger partial charge in [-0.3, -0.25) is 9.58 Å². The Morgan fingerprint density at radius 3 is 2.35 bits per heavy atom. The van der Waals surface area contributed by atoms with E-state index < -0.39 is 0 Å². The monoisotopic (exact) mass is 278 g/mol. The van der Waals surface area contributed by atoms with Crippen LogP contribution in [-0.2, 0) is 7.05 Å². The standard InChI is InChI=1S/C16H30N4/c1-12(15-11-19(6)18-13(15)2)17-14-7-9-20(10-8-14)16(3,4)5/h11-12,14,17H,7-10H2,1-6H3. The first-order chi connectivity index (χ1) is 9.27. The Bertz CT molecular complexity index is 436. The zero-order valence-electron chi connectivity index (χ0n) is 13.9. The van der Waals surface area contributed by atoms with E-state index in [1.54, 1.807) is 0 Å². The van der Waals surface area contributed by atoms with Crippen molar-refractivity contribution in [2.75, 3.05) is 13.1 Å². The van der Waals surface area contributed by atoms with E-state index in [-0.39, 0.29) is 0 Å². The van der Waals surface area contributed by atoms with Crippen LogP contribution in [0.15, 0.2) is 6.20 Å². The van der Waals surface area contributed by atoms with Crippen molar-refractivity contribution in [1.82, 2.24) is 20.0 Å². The van der Waals surface area contributed by atoms with Crippen molar-refractivity contribution >= 4 is 0 Å². The van der Waals surface area contributed by atoms with Crippen LogP contribution in [0.2, 0.25) is 0 Å². The Labute approximate surface area is 123 Å². The number of nitrogens with one attached hydrogen (secondary N) is 1. The predicted molar refractivity (Wildman–Crippen MR) is 83.8 cm³/mol. The third kappa shape index (κ3) is 3.61. The third-order valence-corrected chi connectivity index (χ3v) is 4.45. The summed E-state index contributed by atoms with van der Waals surface area (Å²) in [5.41, 5.74) is 2.77. The minimum atomic E-state index is 0.302. The first kappa shape index (κ1) is 15.5. The minimum absolute atomic E-state index is 0.302. The molecule has 0 radical (unpaired) electrons. The molecule has 1 fully saturated rings. The molecule has 0 aromatic carbocycles. The molecule has 0 amide bonds. The quantitative estimate of drug-likeness (QED) is 0.922. The van der Waals surface area contributed by atoms with Crippen LogP contribution in [0.1, 0.15) is 57.8 Å². The maximum atomic E-state index is 4.44. The van der Waals surface area contributed by atoms with Gasteiger partial charge in [0.15, 0.2) is 0 Å². The SMILES string of the molecule is Cc1nn(C)cc1C(C)NC1CCN(C(C)(C)C)CC1. The first-order valence-corrected chi connectivity index (χ1v) is 7.78. The fourth-order valence-corrected chi connectivity index (χ4v) is 3.20. The van der Waals surface area contributed by atoms with Gasteiger partial charge in [-0.05, 0) is 47.5 Å². The summed E-state index contributed by atoms with van der Waals surface area (Å²) < 4.78 is 1.91. The maximum absolute atomic E-state index is 4.44. The molecule has 0 saturated carbocycles. The molecule has 1 saturated heterocycles. The summed E-state index contributed by atoms with van der Waals surface area (Å²) in [6.45, 7) is 13.7. The minimum Gasteiger partial charge on any atom is -0.307 e. The molecule has 4 heteroatoms. The van der Waals surface area contributed by atoms with E-state index in [1.807, 2.05) is 11.7 Å². The highest BCUT2D eigenvalue weighted by molar-refractivity contribution is 5.19. The Kier molecular flexibility index (Phi) is 4.55. The first-order valence-electron chi connectivity index (χ1n) is 7.78. The summed E-state index contributed by atoms with van der Waals surface area (Å²) in [4.78, 5) is 2.59. The highest BCUT2D eigenvalue weighted by atomic mass is 15.3. The fourth-order valence-electron chi connectivity index (χ4n) is 3.20. The summed E-state index contributed by atoms with van der Waals surface area (Å²) in [5, 5.41) is 8.22. The molecular weight excluding hydrogens is 248 g/mol. The van der Waals surface area contributed by atoms with Crippen molar-refractivity contribution in [1.29, 1.82) is 0 Å². The van der Waals surface area contributed by atoms with Gasteiger partial charge in [0.05, 0.1) is 5.69 Å². The summed E-state index contributed by atoms with van der Waals surface area (Å²) in [6.07, 6.45) is 4.61. The Morgan fingerprint density at radius 1 is 1.30 bits per heavy atom. The van der Waals surface area contributed by atoms with Crippen LogP contribution in [0.5, 0.6) is 0 Å². The molecule has 1 N–H and O–H groups in total. The Hall–Kier alpha value is -0.870. The average molecular weight is 278 g/mol. The van der Waals surface area contributed by atoms with E-state index in [0.29, 0.717) is 17.6 Å². The lowest BCUT2D eigenvalue weighted by molar-refractivity contribution is 0.0942. The van der Waals surface area contributed by atoms with Crippen LogP contribution >= 0.6 is 0 Å². The van der Waals surface area contributed by atoms with Crippen molar-refractivity contribution in [3.63, 3.8) is 0 Å². The molecule has 1 aliphatic heterocycles. The molecule has 0 spiro atoms. The number of piperidine rings is 1. The van der Waals surface area contributed by atoms with Crippen molar-refractivity contribution in [2.45, 2.75) is 65.1 Å². The summed E-state index contributed by atoms with van der Waals surface area (Å²) in [5.74, 6) is 0. The fraction of sp³-hybridized carbons (Fsp3) is 0.812. The molecule has 114 valence electrons. The zero-order valence-corrected chi connectivity index (χ0v) is 13.9. The molecule has 1 aromatic heterocycles. The Morgan fingerprint density at radius 2 is 1.90 bits per heavy atom. The molecule has 20 heavy (non-hydrogen) atoms. The van der Waals surface area contributed by atoms with E-state index >= 15 is 0 Å². The van der Waals surface area contributed by atoms with Gasteiger partial charge in [0, 0.05) is 49.5 Å². The lowest BCUT2D eigenvalue weighted by Crippen LogP contribution is -2.50. The molecule has 1 aromatic rings. The number of hydrogen-bond acceptors (Lipinski definition) is 3. The smallest absolute Gasteiger partial charge is 0.0641 e. The van der Waals surface area contributed by atoms with Crippen molar-refractivity contribution in [3.8, 4) is 0 Å². The van der Waals surface area contributed by atoms with E-state index in [0.717, 1.165) is 5.69 Å². The Balaban J connectivity index is 1.88. The van der Waals surface area contributed by atoms with Crippen LogP contribution in [0.3, 0.4) is 0 Å². The van der Waals surface area contributed by atoms with Gasteiger partial charge in [-0.1, -0.05) is 0 Å². The van der Waals surface area contributed by atoms with Gasteiger partial charge >= 0.3 is 0 Å². The molecular formula is C16H30N4. The molecule has 0 bridgehead atoms. The van der Waals surface area contributed by atoms with Gasteiger partial charge in [-0.25, -0.2) is 0 Å². The van der Waals surface area contributed by atoms with E-state index in [9.17, 15) is 0 Å². The summed E-state index contributed by atoms with van der Waals surface area (Å²) in [6, 6.07) is 1.01. The third-order valence-electron chi connectivity index (χ3n) is 4.45. The van der Waals surface area contributed by atoms with E-state index in [4.69, 9.17) is 0 Å². The lowest BCUT2D eigenvalue weighted by atomic mass is 9.97. The number of likely N-dealkylation sites (tertiary alicyclic amines) is 1. The van der Waals surface area contributed by atoms with Crippen LogP contribution in [0.4, 0.5) is 0 Å². The van der Waals surface area contributed by atoms with E-state index in [2.05, 4.69) is 56.1 Å². The number of rotatable bonds is 3. The van der Waals surface area contributed by atoms with Crippen LogP contribution in [-0.4, -0.2) is 39.4 Å². The van der Waals surface area contributed by atoms with Crippen LogP contribution in [0, 0.1) is 6.92 Å². The number of aryl methyl sites for hydroxylation is 2. The maximum Gasteiger partial charge on any atom is 0.0641 e. The van der Waals surface area contributed by atoms with Crippen molar-refractivity contribution in [2.24, 2.45) is 7.05 Å².